The van der Waals surface area contributed by atoms with Crippen LogP contribution in [0.3, 0.4) is 0 Å². The van der Waals surface area contributed by atoms with Crippen molar-refractivity contribution in [1.29, 1.82) is 0 Å². The molecule has 0 amide bonds. The topological polar surface area (TPSA) is 135 Å². The van der Waals surface area contributed by atoms with Gasteiger partial charge in [0.2, 0.25) is 0 Å². The highest BCUT2D eigenvalue weighted by Gasteiger charge is 2.38. The van der Waals surface area contributed by atoms with Crippen LogP contribution in [0.4, 0.5) is 17.3 Å². The van der Waals surface area contributed by atoms with Gasteiger partial charge < -0.3 is 15.7 Å². The average molecular weight is 548 g/mol. The molecule has 204 valence electrons. The average Bonchev–Trinajstić information content (AvgIpc) is 3.87. The van der Waals surface area contributed by atoms with Crippen molar-refractivity contribution in [3.63, 3.8) is 0 Å². The number of pyridine rings is 1. The molecule has 6 rings (SSSR count). The van der Waals surface area contributed by atoms with E-state index in [4.69, 9.17) is 0 Å². The fourth-order valence-corrected chi connectivity index (χ4v) is 6.24. The van der Waals surface area contributed by atoms with Crippen LogP contribution in [0.1, 0.15) is 63.9 Å². The summed E-state index contributed by atoms with van der Waals surface area (Å²) in [4.78, 5) is 13.5. The van der Waals surface area contributed by atoms with Gasteiger partial charge in [-0.1, -0.05) is 11.8 Å². The lowest BCUT2D eigenvalue weighted by Gasteiger charge is -2.29. The first-order valence-electron chi connectivity index (χ1n) is 13.6. The number of nitrogens with zero attached hydrogens (tertiary/aromatic N) is 5. The number of hydrogen-bond donors (Lipinski definition) is 3. The second-order valence-electron chi connectivity index (χ2n) is 11.2. The largest absolute Gasteiger partial charge is 0.396 e. The summed E-state index contributed by atoms with van der Waals surface area (Å²) in [6.45, 7) is 2.44. The molecule has 39 heavy (non-hydrogen) atoms. The van der Waals surface area contributed by atoms with Crippen LogP contribution in [0.2, 0.25) is 0 Å². The van der Waals surface area contributed by atoms with Gasteiger partial charge >= 0.3 is 0 Å². The first-order chi connectivity index (χ1) is 18.8. The number of hydrogen-bond acceptors (Lipinski definition) is 9. The molecule has 10 nitrogen and oxygen atoms in total. The lowest BCUT2D eigenvalue weighted by atomic mass is 9.86. The van der Waals surface area contributed by atoms with E-state index < -0.39 is 10.0 Å². The Morgan fingerprint density at radius 2 is 1.90 bits per heavy atom. The normalized spacial score (nSPS) is 22.0. The molecular formula is C28H33N7O3S. The molecule has 0 aromatic carbocycles. The van der Waals surface area contributed by atoms with Crippen molar-refractivity contribution < 1.29 is 13.5 Å². The highest BCUT2D eigenvalue weighted by atomic mass is 32.2. The van der Waals surface area contributed by atoms with Crippen molar-refractivity contribution in [3.05, 3.63) is 42.5 Å². The number of aromatic nitrogens is 5. The SMILES string of the molecule is CC1(C#Cc2cnc(Nc3ccnc(-c4cnn(S(=O)(=O)C5CC5)c4)n3)cc2NC2CCC(CO)CC2)CC1. The van der Waals surface area contributed by atoms with Gasteiger partial charge in [0.25, 0.3) is 10.0 Å². The predicted molar refractivity (Wildman–Crippen MR) is 149 cm³/mol. The molecule has 3 saturated carbocycles. The number of aliphatic hydroxyl groups is 1. The Kier molecular flexibility index (Phi) is 6.77. The summed E-state index contributed by atoms with van der Waals surface area (Å²) in [5.74, 6) is 8.66. The summed E-state index contributed by atoms with van der Waals surface area (Å²) < 4.78 is 26.0. The fraction of sp³-hybridized carbons (Fsp3) is 0.500. The molecule has 0 bridgehead atoms. The van der Waals surface area contributed by atoms with Crippen molar-refractivity contribution in [2.45, 2.75) is 69.6 Å². The second kappa shape index (κ2) is 10.2. The van der Waals surface area contributed by atoms with Crippen molar-refractivity contribution in [2.24, 2.45) is 11.3 Å². The molecule has 3 N–H and O–H groups in total. The van der Waals surface area contributed by atoms with Crippen LogP contribution in [0, 0.1) is 23.2 Å². The number of nitrogens with one attached hydrogen (secondary N) is 2. The third kappa shape index (κ3) is 5.92. The third-order valence-corrected chi connectivity index (χ3v) is 9.84. The molecule has 0 saturated heterocycles. The van der Waals surface area contributed by atoms with Crippen molar-refractivity contribution in [2.75, 3.05) is 17.2 Å². The van der Waals surface area contributed by atoms with Crippen molar-refractivity contribution >= 4 is 27.3 Å². The number of rotatable bonds is 8. The van der Waals surface area contributed by atoms with Gasteiger partial charge in [-0.05, 0) is 70.3 Å². The minimum absolute atomic E-state index is 0.108. The Hall–Kier alpha value is -3.49. The molecule has 3 fully saturated rings. The molecule has 0 radical (unpaired) electrons. The maximum absolute atomic E-state index is 12.5. The zero-order valence-corrected chi connectivity index (χ0v) is 22.8. The van der Waals surface area contributed by atoms with Gasteiger partial charge in [-0.25, -0.2) is 23.4 Å². The summed E-state index contributed by atoms with van der Waals surface area (Å²) in [6.07, 6.45) is 14.0. The summed E-state index contributed by atoms with van der Waals surface area (Å²) in [7, 11) is -3.45. The van der Waals surface area contributed by atoms with Gasteiger partial charge in [0.1, 0.15) is 11.6 Å². The molecular weight excluding hydrogens is 514 g/mol. The van der Waals surface area contributed by atoms with Gasteiger partial charge in [-0.15, -0.1) is 0 Å². The molecule has 3 aliphatic rings. The van der Waals surface area contributed by atoms with Gasteiger partial charge in [-0.2, -0.15) is 9.19 Å². The van der Waals surface area contributed by atoms with E-state index in [0.717, 1.165) is 53.9 Å². The van der Waals surface area contributed by atoms with Crippen molar-refractivity contribution in [1.82, 2.24) is 24.1 Å². The van der Waals surface area contributed by atoms with Crippen LogP contribution in [0.15, 0.2) is 36.9 Å². The van der Waals surface area contributed by atoms with Gasteiger partial charge in [-0.3, -0.25) is 0 Å². The van der Waals surface area contributed by atoms with Crippen LogP contribution in [-0.2, 0) is 10.0 Å². The van der Waals surface area contributed by atoms with Crippen LogP contribution in [-0.4, -0.2) is 55.6 Å². The Morgan fingerprint density at radius 3 is 2.62 bits per heavy atom. The number of aliphatic hydroxyl groups excluding tert-OH is 1. The highest BCUT2D eigenvalue weighted by molar-refractivity contribution is 7.90. The third-order valence-electron chi connectivity index (χ3n) is 7.80. The van der Waals surface area contributed by atoms with E-state index >= 15 is 0 Å². The molecule has 0 atom stereocenters. The Bertz CT molecular complexity index is 1530. The smallest absolute Gasteiger partial charge is 0.256 e. The maximum Gasteiger partial charge on any atom is 0.256 e. The molecule has 3 heterocycles. The molecule has 0 aliphatic heterocycles. The van der Waals surface area contributed by atoms with E-state index in [9.17, 15) is 13.5 Å². The molecule has 0 spiro atoms. The first-order valence-corrected chi connectivity index (χ1v) is 15.1. The van der Waals surface area contributed by atoms with E-state index in [0.29, 0.717) is 47.8 Å². The Labute approximate surface area is 228 Å². The summed E-state index contributed by atoms with van der Waals surface area (Å²) in [6, 6.07) is 4.01. The minimum atomic E-state index is -3.45. The van der Waals surface area contributed by atoms with E-state index in [1.165, 1.54) is 12.4 Å². The van der Waals surface area contributed by atoms with Gasteiger partial charge in [0, 0.05) is 36.5 Å². The van der Waals surface area contributed by atoms with Crippen LogP contribution < -0.4 is 10.6 Å². The van der Waals surface area contributed by atoms with Crippen molar-refractivity contribution in [3.8, 4) is 23.2 Å². The Morgan fingerprint density at radius 1 is 1.10 bits per heavy atom. The lowest BCUT2D eigenvalue weighted by Crippen LogP contribution is -2.27. The zero-order chi connectivity index (χ0) is 27.0. The summed E-state index contributed by atoms with van der Waals surface area (Å²) in [5.41, 5.74) is 2.43. The fourth-order valence-electron chi connectivity index (χ4n) is 4.76. The maximum atomic E-state index is 12.5. The molecule has 0 unspecified atom stereocenters. The van der Waals surface area contributed by atoms with Gasteiger partial charge in [0.15, 0.2) is 5.82 Å². The van der Waals surface area contributed by atoms with E-state index in [-0.39, 0.29) is 17.3 Å². The quantitative estimate of drug-likeness (QED) is 0.359. The predicted octanol–water partition coefficient (Wildman–Crippen LogP) is 3.93. The van der Waals surface area contributed by atoms with E-state index in [1.807, 2.05) is 6.07 Å². The monoisotopic (exact) mass is 547 g/mol. The molecule has 3 aliphatic carbocycles. The molecule has 3 aromatic heterocycles. The summed E-state index contributed by atoms with van der Waals surface area (Å²) >= 11 is 0. The summed E-state index contributed by atoms with van der Waals surface area (Å²) in [5, 5.41) is 20.1. The zero-order valence-electron chi connectivity index (χ0n) is 22.0. The van der Waals surface area contributed by atoms with Crippen LogP contribution in [0.5, 0.6) is 0 Å². The van der Waals surface area contributed by atoms with E-state index in [2.05, 4.69) is 49.4 Å². The van der Waals surface area contributed by atoms with E-state index in [1.54, 1.807) is 18.5 Å². The standard InChI is InChI=1S/C28H33N7O3S/c1-28(11-12-28)10-8-20-15-30-26(14-24(20)32-22-4-2-19(18-36)3-5-22)33-25-9-13-29-27(34-25)21-16-31-35(17-21)39(37,38)23-6-7-23/h9,13-17,19,22-23,36H,2-7,11-12,18H2,1H3,(H2,29,30,32,33,34). The van der Waals surface area contributed by atoms with Gasteiger partial charge in [0.05, 0.1) is 34.5 Å². The first kappa shape index (κ1) is 25.8. The molecule has 3 aromatic rings. The second-order valence-corrected chi connectivity index (χ2v) is 13.3. The minimum Gasteiger partial charge on any atom is -0.396 e. The highest BCUT2D eigenvalue weighted by Crippen LogP contribution is 2.44. The lowest BCUT2D eigenvalue weighted by molar-refractivity contribution is 0.186. The molecule has 11 heteroatoms. The number of anilines is 3. The Balaban J connectivity index is 1.22. The van der Waals surface area contributed by atoms with Crippen LogP contribution >= 0.6 is 0 Å². The van der Waals surface area contributed by atoms with Crippen LogP contribution in [0.25, 0.3) is 11.4 Å².